The lowest BCUT2D eigenvalue weighted by Crippen LogP contribution is -2.14. The third kappa shape index (κ3) is 5.01. The van der Waals surface area contributed by atoms with Gasteiger partial charge in [0.1, 0.15) is 6.33 Å². The highest BCUT2D eigenvalue weighted by atomic mass is 35.5. The first kappa shape index (κ1) is 19.2. The van der Waals surface area contributed by atoms with Crippen LogP contribution in [-0.2, 0) is 11.2 Å². The molecule has 0 aliphatic rings. The highest BCUT2D eigenvalue weighted by Crippen LogP contribution is 2.34. The average molecular weight is 422 g/mol. The third-order valence-corrected chi connectivity index (χ3v) is 5.61. The summed E-state index contributed by atoms with van der Waals surface area (Å²) >= 11 is 7.98. The summed E-state index contributed by atoms with van der Waals surface area (Å²) in [6, 6.07) is 23.0. The fraction of sp³-hybridized carbons (Fsp3) is 0.0476. The van der Waals surface area contributed by atoms with Crippen molar-refractivity contribution in [1.29, 1.82) is 0 Å². The van der Waals surface area contributed by atoms with Crippen LogP contribution >= 0.6 is 23.4 Å². The Labute approximate surface area is 176 Å². The summed E-state index contributed by atoms with van der Waals surface area (Å²) in [4.78, 5) is 14.4. The van der Waals surface area contributed by atoms with Crippen molar-refractivity contribution in [3.05, 3.63) is 89.7 Å². The molecule has 3 aromatic carbocycles. The monoisotopic (exact) mass is 421 g/mol. The lowest BCUT2D eigenvalue weighted by atomic mass is 10.1. The SMILES string of the molecule is O=C(Cc1ccc(-n2cnnn2)cc1)Nc1ccc(Sc2ccccc2)c(Cl)c1. The van der Waals surface area contributed by atoms with Crippen molar-refractivity contribution in [2.24, 2.45) is 0 Å². The second-order valence-corrected chi connectivity index (χ2v) is 7.73. The second kappa shape index (κ2) is 8.89. The minimum atomic E-state index is -0.111. The molecule has 0 saturated carbocycles. The Morgan fingerprint density at radius 2 is 1.83 bits per heavy atom. The van der Waals surface area contributed by atoms with Crippen molar-refractivity contribution in [3.8, 4) is 5.69 Å². The predicted octanol–water partition coefficient (Wildman–Crippen LogP) is 4.65. The molecule has 0 fully saturated rings. The summed E-state index contributed by atoms with van der Waals surface area (Å²) < 4.78 is 1.56. The summed E-state index contributed by atoms with van der Waals surface area (Å²) in [5.74, 6) is -0.111. The molecular formula is C21H16ClN5OS. The van der Waals surface area contributed by atoms with E-state index in [2.05, 4.69) is 20.8 Å². The second-order valence-electron chi connectivity index (χ2n) is 6.21. The van der Waals surface area contributed by atoms with Gasteiger partial charge in [-0.25, -0.2) is 4.68 Å². The van der Waals surface area contributed by atoms with E-state index < -0.39 is 0 Å². The quantitative estimate of drug-likeness (QED) is 0.490. The molecule has 8 heteroatoms. The Morgan fingerprint density at radius 3 is 2.52 bits per heavy atom. The van der Waals surface area contributed by atoms with E-state index in [1.165, 1.54) is 6.33 Å². The molecule has 1 N–H and O–H groups in total. The van der Waals surface area contributed by atoms with Gasteiger partial charge in [0, 0.05) is 15.5 Å². The van der Waals surface area contributed by atoms with Crippen molar-refractivity contribution in [2.45, 2.75) is 16.2 Å². The van der Waals surface area contributed by atoms with Gasteiger partial charge in [0.05, 0.1) is 17.1 Å². The van der Waals surface area contributed by atoms with Gasteiger partial charge in [-0.1, -0.05) is 53.7 Å². The van der Waals surface area contributed by atoms with E-state index in [4.69, 9.17) is 11.6 Å². The summed E-state index contributed by atoms with van der Waals surface area (Å²) in [6.45, 7) is 0. The van der Waals surface area contributed by atoms with Crippen molar-refractivity contribution in [1.82, 2.24) is 20.2 Å². The molecule has 29 heavy (non-hydrogen) atoms. The van der Waals surface area contributed by atoms with Gasteiger partial charge in [-0.15, -0.1) is 5.10 Å². The number of benzene rings is 3. The van der Waals surface area contributed by atoms with E-state index in [9.17, 15) is 4.79 Å². The first-order valence-electron chi connectivity index (χ1n) is 8.82. The zero-order chi connectivity index (χ0) is 20.1. The van der Waals surface area contributed by atoms with E-state index >= 15 is 0 Å². The number of amides is 1. The first-order chi connectivity index (χ1) is 14.2. The number of hydrogen-bond donors (Lipinski definition) is 1. The predicted molar refractivity (Wildman–Crippen MR) is 114 cm³/mol. The number of halogens is 1. The van der Waals surface area contributed by atoms with Gasteiger partial charge in [0.25, 0.3) is 0 Å². The molecule has 0 aliphatic carbocycles. The summed E-state index contributed by atoms with van der Waals surface area (Å²) in [5.41, 5.74) is 2.39. The van der Waals surface area contributed by atoms with Crippen LogP contribution < -0.4 is 5.32 Å². The number of anilines is 1. The Bertz CT molecular complexity index is 1100. The highest BCUT2D eigenvalue weighted by molar-refractivity contribution is 7.99. The normalized spacial score (nSPS) is 10.7. The number of nitrogens with zero attached hydrogens (tertiary/aromatic N) is 4. The number of aromatic nitrogens is 4. The fourth-order valence-electron chi connectivity index (χ4n) is 2.71. The molecule has 4 aromatic rings. The van der Waals surface area contributed by atoms with E-state index in [0.717, 1.165) is 21.0 Å². The minimum absolute atomic E-state index is 0.111. The molecule has 0 radical (unpaired) electrons. The van der Waals surface area contributed by atoms with Crippen molar-refractivity contribution in [3.63, 3.8) is 0 Å². The van der Waals surface area contributed by atoms with Crippen LogP contribution in [0.5, 0.6) is 0 Å². The Balaban J connectivity index is 1.37. The maximum atomic E-state index is 12.4. The molecule has 144 valence electrons. The van der Waals surface area contributed by atoms with Crippen LogP contribution in [0.1, 0.15) is 5.56 Å². The van der Waals surface area contributed by atoms with Gasteiger partial charge in [-0.3, -0.25) is 4.79 Å². The van der Waals surface area contributed by atoms with Crippen LogP contribution in [0.25, 0.3) is 5.69 Å². The van der Waals surface area contributed by atoms with Crippen molar-refractivity contribution < 1.29 is 4.79 Å². The Kier molecular flexibility index (Phi) is 5.88. The fourth-order valence-corrected chi connectivity index (χ4v) is 3.85. The van der Waals surface area contributed by atoms with Gasteiger partial charge in [0.15, 0.2) is 0 Å². The largest absolute Gasteiger partial charge is 0.326 e. The summed E-state index contributed by atoms with van der Waals surface area (Å²) in [6.07, 6.45) is 1.78. The van der Waals surface area contributed by atoms with Crippen molar-refractivity contribution >= 4 is 35.0 Å². The lowest BCUT2D eigenvalue weighted by molar-refractivity contribution is -0.115. The molecular weight excluding hydrogens is 406 g/mol. The molecule has 1 aromatic heterocycles. The topological polar surface area (TPSA) is 72.7 Å². The van der Waals surface area contributed by atoms with Crippen LogP contribution in [-0.4, -0.2) is 26.1 Å². The van der Waals surface area contributed by atoms with Crippen LogP contribution in [0.4, 0.5) is 5.69 Å². The zero-order valence-corrected chi connectivity index (χ0v) is 16.8. The number of carbonyl (C=O) groups is 1. The molecule has 0 aliphatic heterocycles. The van der Waals surface area contributed by atoms with E-state index in [-0.39, 0.29) is 12.3 Å². The number of hydrogen-bond acceptors (Lipinski definition) is 5. The van der Waals surface area contributed by atoms with Gasteiger partial charge in [0.2, 0.25) is 5.91 Å². The van der Waals surface area contributed by atoms with E-state index in [0.29, 0.717) is 10.7 Å². The summed E-state index contributed by atoms with van der Waals surface area (Å²) in [7, 11) is 0. The van der Waals surface area contributed by atoms with Gasteiger partial charge >= 0.3 is 0 Å². The molecule has 0 unspecified atom stereocenters. The van der Waals surface area contributed by atoms with Crippen LogP contribution in [0.2, 0.25) is 5.02 Å². The average Bonchev–Trinajstić information content (AvgIpc) is 3.26. The zero-order valence-electron chi connectivity index (χ0n) is 15.2. The molecule has 6 nitrogen and oxygen atoms in total. The minimum Gasteiger partial charge on any atom is -0.326 e. The number of carbonyl (C=O) groups excluding carboxylic acids is 1. The van der Waals surface area contributed by atoms with Gasteiger partial charge in [-0.05, 0) is 58.5 Å². The lowest BCUT2D eigenvalue weighted by Gasteiger charge is -2.09. The Morgan fingerprint density at radius 1 is 1.03 bits per heavy atom. The van der Waals surface area contributed by atoms with Crippen LogP contribution in [0.15, 0.2) is 88.9 Å². The Hall–Kier alpha value is -3.16. The smallest absolute Gasteiger partial charge is 0.228 e. The molecule has 4 rings (SSSR count). The van der Waals surface area contributed by atoms with E-state index in [1.54, 1.807) is 22.5 Å². The highest BCUT2D eigenvalue weighted by Gasteiger charge is 2.08. The molecule has 0 saturated heterocycles. The van der Waals surface area contributed by atoms with Crippen molar-refractivity contribution in [2.75, 3.05) is 5.32 Å². The third-order valence-electron chi connectivity index (χ3n) is 4.10. The van der Waals surface area contributed by atoms with E-state index in [1.807, 2.05) is 66.7 Å². The summed E-state index contributed by atoms with van der Waals surface area (Å²) in [5, 5.41) is 14.5. The van der Waals surface area contributed by atoms with Crippen LogP contribution in [0, 0.1) is 0 Å². The number of tetrazole rings is 1. The number of nitrogens with one attached hydrogen (secondary N) is 1. The molecule has 1 heterocycles. The molecule has 0 atom stereocenters. The number of rotatable bonds is 6. The maximum Gasteiger partial charge on any atom is 0.228 e. The standard InChI is InChI=1S/C21H16ClN5OS/c22-19-13-16(8-11-20(19)29-18-4-2-1-3-5-18)24-21(28)12-15-6-9-17(10-7-15)27-14-23-25-26-27/h1-11,13-14H,12H2,(H,24,28). The maximum absolute atomic E-state index is 12.4. The molecule has 0 spiro atoms. The molecule has 0 bridgehead atoms. The van der Waals surface area contributed by atoms with Crippen LogP contribution in [0.3, 0.4) is 0 Å². The first-order valence-corrected chi connectivity index (χ1v) is 10.0. The molecule has 1 amide bonds. The van der Waals surface area contributed by atoms with Gasteiger partial charge in [-0.2, -0.15) is 0 Å². The van der Waals surface area contributed by atoms with Gasteiger partial charge < -0.3 is 5.32 Å².